The third-order valence-corrected chi connectivity index (χ3v) is 3.96. The van der Waals surface area contributed by atoms with Crippen molar-refractivity contribution in [3.8, 4) is 0 Å². The van der Waals surface area contributed by atoms with Gasteiger partial charge in [-0.05, 0) is 37.9 Å². The van der Waals surface area contributed by atoms with Crippen LogP contribution in [0.2, 0.25) is 0 Å². The molecule has 4 nitrogen and oxygen atoms in total. The first kappa shape index (κ1) is 13.9. The molecule has 0 saturated carbocycles. The zero-order chi connectivity index (χ0) is 13.8. The number of aromatic carboxylic acids is 1. The van der Waals surface area contributed by atoms with Gasteiger partial charge in [0, 0.05) is 18.3 Å². The molecule has 1 aliphatic rings. The van der Waals surface area contributed by atoms with Gasteiger partial charge >= 0.3 is 5.97 Å². The zero-order valence-corrected chi connectivity index (χ0v) is 11.4. The van der Waals surface area contributed by atoms with Gasteiger partial charge in [0.15, 0.2) is 0 Å². The molecule has 0 bridgehead atoms. The van der Waals surface area contributed by atoms with E-state index in [9.17, 15) is 9.90 Å². The second kappa shape index (κ2) is 6.06. The minimum atomic E-state index is -0.935. The van der Waals surface area contributed by atoms with Crippen molar-refractivity contribution in [2.45, 2.75) is 45.2 Å². The monoisotopic (exact) mass is 262 g/mol. The van der Waals surface area contributed by atoms with Crippen LogP contribution in [0.15, 0.2) is 18.2 Å². The number of carboxylic acids is 1. The van der Waals surface area contributed by atoms with Gasteiger partial charge in [0.25, 0.3) is 0 Å². The quantitative estimate of drug-likeness (QED) is 0.822. The van der Waals surface area contributed by atoms with E-state index in [1.807, 2.05) is 12.1 Å². The normalized spacial score (nSPS) is 21.0. The van der Waals surface area contributed by atoms with Crippen LogP contribution in [-0.2, 0) is 6.54 Å². The largest absolute Gasteiger partial charge is 0.478 e. The van der Waals surface area contributed by atoms with E-state index in [1.165, 1.54) is 25.7 Å². The lowest BCUT2D eigenvalue weighted by Gasteiger charge is -2.27. The Hall–Kier alpha value is -1.55. The highest BCUT2D eigenvalue weighted by Gasteiger charge is 2.20. The number of rotatable bonds is 3. The number of benzene rings is 1. The molecular weight excluding hydrogens is 240 g/mol. The van der Waals surface area contributed by atoms with E-state index in [0.29, 0.717) is 18.3 Å². The highest BCUT2D eigenvalue weighted by Crippen LogP contribution is 2.23. The number of hydrogen-bond acceptors (Lipinski definition) is 3. The second-order valence-electron chi connectivity index (χ2n) is 5.36. The molecule has 1 aliphatic heterocycles. The average molecular weight is 262 g/mol. The predicted molar refractivity (Wildman–Crippen MR) is 76.2 cm³/mol. The Labute approximate surface area is 114 Å². The first-order valence-electron chi connectivity index (χ1n) is 6.94. The Morgan fingerprint density at radius 3 is 2.95 bits per heavy atom. The van der Waals surface area contributed by atoms with Crippen LogP contribution >= 0.6 is 0 Å². The number of nitrogens with zero attached hydrogens (tertiary/aromatic N) is 1. The molecule has 2 rings (SSSR count). The average Bonchev–Trinajstić information content (AvgIpc) is 2.54. The number of hydrogen-bond donors (Lipinski definition) is 2. The van der Waals surface area contributed by atoms with Gasteiger partial charge in [-0.3, -0.25) is 4.90 Å². The van der Waals surface area contributed by atoms with Crippen LogP contribution in [-0.4, -0.2) is 28.6 Å². The summed E-state index contributed by atoms with van der Waals surface area (Å²) >= 11 is 0. The fraction of sp³-hybridized carbons (Fsp3) is 0.533. The van der Waals surface area contributed by atoms with E-state index in [0.717, 1.165) is 12.1 Å². The van der Waals surface area contributed by atoms with Crippen LogP contribution in [0.25, 0.3) is 0 Å². The number of nitrogen functional groups attached to an aromatic ring is 1. The molecular formula is C15H22N2O2. The van der Waals surface area contributed by atoms with Gasteiger partial charge in [0.2, 0.25) is 0 Å². The molecule has 3 N–H and O–H groups in total. The van der Waals surface area contributed by atoms with Crippen molar-refractivity contribution in [2.24, 2.45) is 0 Å². The summed E-state index contributed by atoms with van der Waals surface area (Å²) in [6, 6.07) is 5.86. The molecule has 19 heavy (non-hydrogen) atoms. The van der Waals surface area contributed by atoms with Crippen LogP contribution in [0.1, 0.15) is 48.5 Å². The van der Waals surface area contributed by atoms with Crippen LogP contribution in [0.4, 0.5) is 5.69 Å². The Morgan fingerprint density at radius 1 is 1.42 bits per heavy atom. The highest BCUT2D eigenvalue weighted by atomic mass is 16.4. The van der Waals surface area contributed by atoms with Crippen molar-refractivity contribution in [3.05, 3.63) is 29.3 Å². The summed E-state index contributed by atoms with van der Waals surface area (Å²) < 4.78 is 0. The van der Waals surface area contributed by atoms with Crippen molar-refractivity contribution in [2.75, 3.05) is 12.3 Å². The van der Waals surface area contributed by atoms with Crippen molar-refractivity contribution >= 4 is 11.7 Å². The molecule has 104 valence electrons. The van der Waals surface area contributed by atoms with Gasteiger partial charge in [-0.25, -0.2) is 4.79 Å². The second-order valence-corrected chi connectivity index (χ2v) is 5.36. The molecule has 1 fully saturated rings. The summed E-state index contributed by atoms with van der Waals surface area (Å²) in [4.78, 5) is 13.7. The highest BCUT2D eigenvalue weighted by molar-refractivity contribution is 5.95. The summed E-state index contributed by atoms with van der Waals surface area (Å²) in [5, 5.41) is 9.30. The molecule has 1 aromatic carbocycles. The van der Waals surface area contributed by atoms with Gasteiger partial charge in [-0.15, -0.1) is 0 Å². The van der Waals surface area contributed by atoms with E-state index >= 15 is 0 Å². The fourth-order valence-corrected chi connectivity index (χ4v) is 2.80. The zero-order valence-electron chi connectivity index (χ0n) is 11.4. The Kier molecular flexibility index (Phi) is 4.43. The molecule has 1 atom stereocenters. The van der Waals surface area contributed by atoms with Crippen LogP contribution in [0, 0.1) is 0 Å². The minimum Gasteiger partial charge on any atom is -0.478 e. The predicted octanol–water partition coefficient (Wildman–Crippen LogP) is 2.73. The topological polar surface area (TPSA) is 66.6 Å². The molecule has 1 unspecified atom stereocenters. The molecule has 0 spiro atoms. The maximum atomic E-state index is 11.3. The molecule has 1 heterocycles. The standard InChI is InChI=1S/C15H22N2O2/c1-11-6-3-2-4-9-17(11)10-12-7-5-8-13(16)14(12)15(18)19/h5,7-8,11H,2-4,6,9-10,16H2,1H3,(H,18,19). The van der Waals surface area contributed by atoms with Gasteiger partial charge in [-0.1, -0.05) is 25.0 Å². The van der Waals surface area contributed by atoms with Crippen LogP contribution in [0.5, 0.6) is 0 Å². The molecule has 0 aliphatic carbocycles. The van der Waals surface area contributed by atoms with Crippen LogP contribution < -0.4 is 5.73 Å². The third-order valence-electron chi connectivity index (χ3n) is 3.96. The Balaban J connectivity index is 2.22. The Bertz CT molecular complexity index is 459. The van der Waals surface area contributed by atoms with Crippen molar-refractivity contribution in [1.29, 1.82) is 0 Å². The van der Waals surface area contributed by atoms with Gasteiger partial charge in [-0.2, -0.15) is 0 Å². The van der Waals surface area contributed by atoms with Crippen LogP contribution in [0.3, 0.4) is 0 Å². The molecule has 4 heteroatoms. The van der Waals surface area contributed by atoms with E-state index < -0.39 is 5.97 Å². The lowest BCUT2D eigenvalue weighted by molar-refractivity contribution is 0.0695. The summed E-state index contributed by atoms with van der Waals surface area (Å²) in [6.07, 6.45) is 4.91. The molecule has 1 saturated heterocycles. The van der Waals surface area contributed by atoms with Gasteiger partial charge in [0.1, 0.15) is 0 Å². The third kappa shape index (κ3) is 3.26. The molecule has 0 amide bonds. The number of carboxylic acid groups (broad SMARTS) is 1. The molecule has 1 aromatic rings. The first-order chi connectivity index (χ1) is 9.09. The van der Waals surface area contributed by atoms with E-state index in [2.05, 4.69) is 11.8 Å². The van der Waals surface area contributed by atoms with Crippen molar-refractivity contribution in [3.63, 3.8) is 0 Å². The number of nitrogens with two attached hydrogens (primary N) is 1. The first-order valence-corrected chi connectivity index (χ1v) is 6.94. The van der Waals surface area contributed by atoms with E-state index in [4.69, 9.17) is 5.73 Å². The summed E-state index contributed by atoms with van der Waals surface area (Å²) in [5.41, 5.74) is 7.23. The summed E-state index contributed by atoms with van der Waals surface area (Å²) in [5.74, 6) is -0.935. The molecule has 0 aromatic heterocycles. The Morgan fingerprint density at radius 2 is 2.21 bits per heavy atom. The maximum absolute atomic E-state index is 11.3. The summed E-state index contributed by atoms with van der Waals surface area (Å²) in [7, 11) is 0. The van der Waals surface area contributed by atoms with Gasteiger partial charge in [0.05, 0.1) is 5.56 Å². The minimum absolute atomic E-state index is 0.263. The van der Waals surface area contributed by atoms with E-state index in [-0.39, 0.29) is 5.56 Å². The van der Waals surface area contributed by atoms with E-state index in [1.54, 1.807) is 6.07 Å². The van der Waals surface area contributed by atoms with Crippen molar-refractivity contribution < 1.29 is 9.90 Å². The van der Waals surface area contributed by atoms with Crippen molar-refractivity contribution in [1.82, 2.24) is 4.90 Å². The SMILES string of the molecule is CC1CCCCCN1Cc1cccc(N)c1C(=O)O. The number of anilines is 1. The smallest absolute Gasteiger partial charge is 0.338 e. The van der Waals surface area contributed by atoms with Gasteiger partial charge < -0.3 is 10.8 Å². The summed E-state index contributed by atoms with van der Waals surface area (Å²) in [6.45, 7) is 3.93. The maximum Gasteiger partial charge on any atom is 0.338 e. The number of carbonyl (C=O) groups is 1. The molecule has 0 radical (unpaired) electrons. The fourth-order valence-electron chi connectivity index (χ4n) is 2.80. The lowest BCUT2D eigenvalue weighted by Crippen LogP contribution is -2.32. The lowest BCUT2D eigenvalue weighted by atomic mass is 10.0. The number of likely N-dealkylation sites (tertiary alicyclic amines) is 1.